The lowest BCUT2D eigenvalue weighted by Crippen LogP contribution is -2.30. The summed E-state index contributed by atoms with van der Waals surface area (Å²) in [4.78, 5) is 12.0. The van der Waals surface area contributed by atoms with Gasteiger partial charge in [0.2, 0.25) is 0 Å². The highest BCUT2D eigenvalue weighted by molar-refractivity contribution is 5.95. The van der Waals surface area contributed by atoms with Crippen LogP contribution < -0.4 is 10.6 Å². The molecule has 0 heterocycles. The lowest BCUT2D eigenvalue weighted by molar-refractivity contribution is 0.0956. The normalized spacial score (nSPS) is 25.4. The second-order valence-electron chi connectivity index (χ2n) is 6.50. The molecule has 1 amide bonds. The Morgan fingerprint density at radius 1 is 1.24 bits per heavy atom. The highest BCUT2D eigenvalue weighted by Gasteiger charge is 2.24. The summed E-state index contributed by atoms with van der Waals surface area (Å²) < 4.78 is 0. The van der Waals surface area contributed by atoms with Gasteiger partial charge in [0.15, 0.2) is 0 Å². The molecule has 1 aliphatic rings. The average Bonchev–Trinajstić information content (AvgIpc) is 2.45. The quantitative estimate of drug-likeness (QED) is 0.880. The Bertz CT molecular complexity index is 498. The van der Waals surface area contributed by atoms with E-state index in [1.807, 2.05) is 25.1 Å². The number of hydrogen-bond donors (Lipinski definition) is 2. The van der Waals surface area contributed by atoms with Crippen LogP contribution in [0.4, 0.5) is 5.69 Å². The maximum absolute atomic E-state index is 12.0. The van der Waals surface area contributed by atoms with Crippen molar-refractivity contribution in [2.75, 3.05) is 11.9 Å². The van der Waals surface area contributed by atoms with Crippen molar-refractivity contribution in [3.63, 3.8) is 0 Å². The van der Waals surface area contributed by atoms with Crippen LogP contribution in [-0.2, 0) is 0 Å². The zero-order chi connectivity index (χ0) is 15.4. The van der Waals surface area contributed by atoms with Crippen molar-refractivity contribution >= 4 is 11.6 Å². The average molecular weight is 288 g/mol. The Morgan fingerprint density at radius 3 is 2.67 bits per heavy atom. The van der Waals surface area contributed by atoms with E-state index in [4.69, 9.17) is 0 Å². The molecule has 1 fully saturated rings. The third kappa shape index (κ3) is 3.99. The topological polar surface area (TPSA) is 41.1 Å². The molecule has 0 spiro atoms. The van der Waals surface area contributed by atoms with Gasteiger partial charge in [-0.15, -0.1) is 0 Å². The molecule has 0 saturated heterocycles. The largest absolute Gasteiger partial charge is 0.382 e. The lowest BCUT2D eigenvalue weighted by Gasteiger charge is -2.33. The van der Waals surface area contributed by atoms with Gasteiger partial charge in [-0.1, -0.05) is 19.9 Å². The number of rotatable bonds is 4. The zero-order valence-electron chi connectivity index (χ0n) is 13.7. The van der Waals surface area contributed by atoms with Crippen molar-refractivity contribution in [1.82, 2.24) is 5.32 Å². The number of benzene rings is 1. The van der Waals surface area contributed by atoms with E-state index in [0.29, 0.717) is 12.6 Å². The Balaban J connectivity index is 2.09. The van der Waals surface area contributed by atoms with Crippen LogP contribution in [0.1, 0.15) is 56.0 Å². The van der Waals surface area contributed by atoms with Gasteiger partial charge in [0.25, 0.3) is 5.91 Å². The molecule has 116 valence electrons. The molecule has 1 aromatic carbocycles. The highest BCUT2D eigenvalue weighted by atomic mass is 16.1. The van der Waals surface area contributed by atoms with Crippen LogP contribution in [0.25, 0.3) is 0 Å². The lowest BCUT2D eigenvalue weighted by atomic mass is 9.79. The fourth-order valence-corrected chi connectivity index (χ4v) is 3.08. The van der Waals surface area contributed by atoms with Crippen molar-refractivity contribution < 1.29 is 4.79 Å². The van der Waals surface area contributed by atoms with E-state index in [0.717, 1.165) is 23.1 Å². The minimum absolute atomic E-state index is 0.00573. The maximum Gasteiger partial charge on any atom is 0.251 e. The molecule has 0 radical (unpaired) electrons. The molecule has 3 heteroatoms. The molecule has 21 heavy (non-hydrogen) atoms. The second-order valence-corrected chi connectivity index (χ2v) is 6.50. The summed E-state index contributed by atoms with van der Waals surface area (Å²) in [5.74, 6) is 1.60. The van der Waals surface area contributed by atoms with Crippen molar-refractivity contribution in [1.29, 1.82) is 0 Å². The number of carbonyl (C=O) groups is 1. The molecule has 1 aliphatic carbocycles. The molecular formula is C18H28N2O. The van der Waals surface area contributed by atoms with E-state index in [1.165, 1.54) is 24.8 Å². The van der Waals surface area contributed by atoms with Crippen LogP contribution in [0.3, 0.4) is 0 Å². The van der Waals surface area contributed by atoms with Crippen molar-refractivity contribution in [3.8, 4) is 0 Å². The van der Waals surface area contributed by atoms with Crippen LogP contribution in [-0.4, -0.2) is 18.5 Å². The summed E-state index contributed by atoms with van der Waals surface area (Å²) in [6, 6.07) is 6.45. The Labute approximate surface area is 128 Å². The number of hydrogen-bond acceptors (Lipinski definition) is 2. The molecule has 1 aromatic rings. The highest BCUT2D eigenvalue weighted by Crippen LogP contribution is 2.31. The molecule has 0 bridgehead atoms. The minimum Gasteiger partial charge on any atom is -0.382 e. The first-order valence-electron chi connectivity index (χ1n) is 8.16. The first-order valence-corrected chi connectivity index (χ1v) is 8.16. The van der Waals surface area contributed by atoms with Gasteiger partial charge in [0.05, 0.1) is 0 Å². The Kier molecular flexibility index (Phi) is 5.27. The van der Waals surface area contributed by atoms with Gasteiger partial charge in [0.1, 0.15) is 0 Å². The third-order valence-electron chi connectivity index (χ3n) is 4.79. The number of anilines is 1. The van der Waals surface area contributed by atoms with Gasteiger partial charge in [-0.05, 0) is 62.6 Å². The summed E-state index contributed by atoms with van der Waals surface area (Å²) >= 11 is 0. The zero-order valence-corrected chi connectivity index (χ0v) is 13.7. The number of nitrogens with one attached hydrogen (secondary N) is 2. The predicted octanol–water partition coefficient (Wildman–Crippen LogP) is 3.98. The monoisotopic (exact) mass is 288 g/mol. The fraction of sp³-hybridized carbons (Fsp3) is 0.611. The summed E-state index contributed by atoms with van der Waals surface area (Å²) in [6.07, 6.45) is 3.72. The van der Waals surface area contributed by atoms with E-state index in [9.17, 15) is 4.79 Å². The molecule has 2 rings (SSSR count). The second kappa shape index (κ2) is 6.97. The first kappa shape index (κ1) is 15.9. The molecule has 3 unspecified atom stereocenters. The van der Waals surface area contributed by atoms with E-state index in [-0.39, 0.29) is 5.91 Å². The van der Waals surface area contributed by atoms with Crippen molar-refractivity contribution in [2.24, 2.45) is 11.8 Å². The molecule has 0 aliphatic heterocycles. The summed E-state index contributed by atoms with van der Waals surface area (Å²) in [5, 5.41) is 6.52. The van der Waals surface area contributed by atoms with Crippen LogP contribution in [0.15, 0.2) is 18.2 Å². The van der Waals surface area contributed by atoms with Crippen LogP contribution in [0.2, 0.25) is 0 Å². The van der Waals surface area contributed by atoms with Crippen LogP contribution in [0.5, 0.6) is 0 Å². The number of amides is 1. The molecular weight excluding hydrogens is 260 g/mol. The molecule has 3 atom stereocenters. The smallest absolute Gasteiger partial charge is 0.251 e. The summed E-state index contributed by atoms with van der Waals surface area (Å²) in [6.45, 7) is 9.39. The van der Waals surface area contributed by atoms with Crippen molar-refractivity contribution in [2.45, 2.75) is 53.0 Å². The summed E-state index contributed by atoms with van der Waals surface area (Å²) in [5.41, 5.74) is 3.04. The molecule has 0 aromatic heterocycles. The van der Waals surface area contributed by atoms with Gasteiger partial charge >= 0.3 is 0 Å². The van der Waals surface area contributed by atoms with E-state index in [1.54, 1.807) is 0 Å². The third-order valence-corrected chi connectivity index (χ3v) is 4.79. The van der Waals surface area contributed by atoms with Crippen LogP contribution >= 0.6 is 0 Å². The fourth-order valence-electron chi connectivity index (χ4n) is 3.08. The number of carbonyl (C=O) groups excluding carboxylic acids is 1. The minimum atomic E-state index is 0.00573. The van der Waals surface area contributed by atoms with E-state index < -0.39 is 0 Å². The molecule has 3 nitrogen and oxygen atoms in total. The van der Waals surface area contributed by atoms with E-state index in [2.05, 4.69) is 31.4 Å². The first-order chi connectivity index (χ1) is 10.0. The SMILES string of the molecule is CCNC(=O)c1ccc(C)c(NC2CCC(C)C(C)C2)c1. The van der Waals surface area contributed by atoms with Gasteiger partial charge in [-0.3, -0.25) is 4.79 Å². The Morgan fingerprint density at radius 2 is 2.00 bits per heavy atom. The number of aryl methyl sites for hydroxylation is 1. The van der Waals surface area contributed by atoms with Gasteiger partial charge < -0.3 is 10.6 Å². The summed E-state index contributed by atoms with van der Waals surface area (Å²) in [7, 11) is 0. The molecule has 1 saturated carbocycles. The van der Waals surface area contributed by atoms with Gasteiger partial charge in [-0.25, -0.2) is 0 Å². The van der Waals surface area contributed by atoms with Gasteiger partial charge in [-0.2, -0.15) is 0 Å². The van der Waals surface area contributed by atoms with Crippen molar-refractivity contribution in [3.05, 3.63) is 29.3 Å². The Hall–Kier alpha value is -1.51. The van der Waals surface area contributed by atoms with Gasteiger partial charge in [0, 0.05) is 23.8 Å². The van der Waals surface area contributed by atoms with Crippen LogP contribution in [0, 0.1) is 18.8 Å². The predicted molar refractivity (Wildman–Crippen MR) is 88.8 cm³/mol. The maximum atomic E-state index is 12.0. The molecule has 2 N–H and O–H groups in total. The standard InChI is InChI=1S/C18H28N2O/c1-5-19-18(21)15-8-6-13(3)17(11-15)20-16-9-7-12(2)14(4)10-16/h6,8,11-12,14,16,20H,5,7,9-10H2,1-4H3,(H,19,21). The van der Waals surface area contributed by atoms with E-state index >= 15 is 0 Å².